The van der Waals surface area contributed by atoms with E-state index in [1.54, 1.807) is 0 Å². The minimum absolute atomic E-state index is 0.0435. The molecule has 0 aromatic heterocycles. The van der Waals surface area contributed by atoms with Crippen LogP contribution < -0.4 is 5.73 Å². The molecule has 306 valence electrons. The first-order valence-electron chi connectivity index (χ1n) is 20.8. The molecule has 2 atom stereocenters. The number of unbranched alkanes of at least 4 members (excludes halogenated alkanes) is 15. The van der Waals surface area contributed by atoms with E-state index in [9.17, 15) is 19.0 Å². The van der Waals surface area contributed by atoms with Crippen LogP contribution in [0.3, 0.4) is 0 Å². The van der Waals surface area contributed by atoms with Gasteiger partial charge in [-0.15, -0.1) is 0 Å². The van der Waals surface area contributed by atoms with Gasteiger partial charge in [-0.1, -0.05) is 139 Å². The highest BCUT2D eigenvalue weighted by molar-refractivity contribution is 7.47. The Hall–Kier alpha value is -2.29. The molecule has 0 saturated heterocycles. The van der Waals surface area contributed by atoms with Crippen LogP contribution in [0.1, 0.15) is 168 Å². The maximum atomic E-state index is 12.5. The molecule has 0 aliphatic rings. The van der Waals surface area contributed by atoms with Gasteiger partial charge in [0.2, 0.25) is 0 Å². The summed E-state index contributed by atoms with van der Waals surface area (Å²) in [5.41, 5.74) is 5.34. The zero-order valence-electron chi connectivity index (χ0n) is 33.5. The molecular weight excluding hydrogens is 689 g/mol. The second-order valence-electron chi connectivity index (χ2n) is 13.5. The number of rotatable bonds is 38. The van der Waals surface area contributed by atoms with Crippen LogP contribution in [-0.2, 0) is 32.7 Å². The number of hydrogen-bond acceptors (Lipinski definition) is 8. The molecule has 0 bridgehead atoms. The van der Waals surface area contributed by atoms with Crippen molar-refractivity contribution in [2.45, 2.75) is 174 Å². The minimum atomic E-state index is -4.39. The number of carbonyl (C=O) groups is 2. The van der Waals surface area contributed by atoms with Gasteiger partial charge in [-0.25, -0.2) is 4.57 Å². The van der Waals surface area contributed by atoms with Crippen molar-refractivity contribution in [1.29, 1.82) is 0 Å². The van der Waals surface area contributed by atoms with Gasteiger partial charge >= 0.3 is 19.8 Å². The van der Waals surface area contributed by atoms with Gasteiger partial charge in [0.25, 0.3) is 0 Å². The van der Waals surface area contributed by atoms with Gasteiger partial charge in [-0.05, 0) is 77.0 Å². The average Bonchev–Trinajstić information content (AvgIpc) is 3.14. The molecule has 0 spiro atoms. The van der Waals surface area contributed by atoms with Crippen LogP contribution in [0.2, 0.25) is 0 Å². The number of ether oxygens (including phenoxy) is 2. The third kappa shape index (κ3) is 39.2. The summed E-state index contributed by atoms with van der Waals surface area (Å²) in [4.78, 5) is 34.8. The van der Waals surface area contributed by atoms with Crippen molar-refractivity contribution in [3.05, 3.63) is 60.8 Å². The van der Waals surface area contributed by atoms with E-state index >= 15 is 0 Å². The van der Waals surface area contributed by atoms with E-state index in [1.165, 1.54) is 64.2 Å². The summed E-state index contributed by atoms with van der Waals surface area (Å²) in [6, 6.07) is 0. The first-order valence-corrected chi connectivity index (χ1v) is 22.3. The Kier molecular flexibility index (Phi) is 37.7. The lowest BCUT2D eigenvalue weighted by Crippen LogP contribution is -2.29. The molecular formula is C43H76NO8P. The third-order valence-electron chi connectivity index (χ3n) is 8.39. The number of nitrogens with two attached hydrogens (primary N) is 1. The Labute approximate surface area is 323 Å². The van der Waals surface area contributed by atoms with Crippen LogP contribution in [-0.4, -0.2) is 49.3 Å². The number of phosphoric ester groups is 1. The molecule has 9 nitrogen and oxygen atoms in total. The Morgan fingerprint density at radius 2 is 1.04 bits per heavy atom. The summed E-state index contributed by atoms with van der Waals surface area (Å²) >= 11 is 0. The van der Waals surface area contributed by atoms with Crippen molar-refractivity contribution in [1.82, 2.24) is 0 Å². The Morgan fingerprint density at radius 3 is 1.60 bits per heavy atom. The highest BCUT2D eigenvalue weighted by Crippen LogP contribution is 2.43. The fourth-order valence-electron chi connectivity index (χ4n) is 5.32. The zero-order valence-corrected chi connectivity index (χ0v) is 34.4. The molecule has 10 heteroatoms. The fourth-order valence-corrected chi connectivity index (χ4v) is 6.09. The van der Waals surface area contributed by atoms with Gasteiger partial charge in [0.1, 0.15) is 6.61 Å². The maximum absolute atomic E-state index is 12.5. The second kappa shape index (κ2) is 39.4. The van der Waals surface area contributed by atoms with Crippen LogP contribution in [0.4, 0.5) is 0 Å². The number of allylic oxidation sites excluding steroid dienone is 10. The quantitative estimate of drug-likeness (QED) is 0.0272. The predicted molar refractivity (Wildman–Crippen MR) is 219 cm³/mol. The zero-order chi connectivity index (χ0) is 38.9. The van der Waals surface area contributed by atoms with E-state index in [1.807, 2.05) is 0 Å². The minimum Gasteiger partial charge on any atom is -0.462 e. The van der Waals surface area contributed by atoms with E-state index in [2.05, 4.69) is 74.6 Å². The van der Waals surface area contributed by atoms with Crippen molar-refractivity contribution in [2.75, 3.05) is 26.4 Å². The van der Waals surface area contributed by atoms with Crippen molar-refractivity contribution >= 4 is 19.8 Å². The van der Waals surface area contributed by atoms with Gasteiger partial charge in [0, 0.05) is 19.4 Å². The molecule has 53 heavy (non-hydrogen) atoms. The summed E-state index contributed by atoms with van der Waals surface area (Å²) in [7, 11) is -4.39. The van der Waals surface area contributed by atoms with E-state index in [4.69, 9.17) is 24.3 Å². The molecule has 0 fully saturated rings. The lowest BCUT2D eigenvalue weighted by molar-refractivity contribution is -0.161. The third-order valence-corrected chi connectivity index (χ3v) is 9.37. The molecule has 2 unspecified atom stereocenters. The van der Waals surface area contributed by atoms with Gasteiger partial charge in [0.15, 0.2) is 6.10 Å². The molecule has 0 aromatic carbocycles. The SMILES string of the molecule is CCC=CCC=CCC=CCC=CCCCCC(=O)OC(COC(=O)CCCCCCCCCC=CCCCCCCCC)COP(=O)(O)OCCN. The van der Waals surface area contributed by atoms with Crippen LogP contribution in [0.25, 0.3) is 0 Å². The summed E-state index contributed by atoms with van der Waals surface area (Å²) in [5.74, 6) is -0.886. The molecule has 0 saturated carbocycles. The molecule has 0 aliphatic heterocycles. The maximum Gasteiger partial charge on any atom is 0.472 e. The molecule has 0 radical (unpaired) electrons. The highest BCUT2D eigenvalue weighted by Gasteiger charge is 2.25. The first kappa shape index (κ1) is 50.7. The van der Waals surface area contributed by atoms with Crippen molar-refractivity contribution in [2.24, 2.45) is 5.73 Å². The van der Waals surface area contributed by atoms with E-state index in [-0.39, 0.29) is 32.6 Å². The molecule has 3 N–H and O–H groups in total. The van der Waals surface area contributed by atoms with Crippen molar-refractivity contribution < 1.29 is 37.6 Å². The number of esters is 2. The summed E-state index contributed by atoms with van der Waals surface area (Å²) in [5, 5.41) is 0. The largest absolute Gasteiger partial charge is 0.472 e. The van der Waals surface area contributed by atoms with E-state index in [0.717, 1.165) is 70.6 Å². The van der Waals surface area contributed by atoms with Gasteiger partial charge in [-0.2, -0.15) is 0 Å². The normalized spacial score (nSPS) is 14.0. The van der Waals surface area contributed by atoms with Crippen LogP contribution in [0, 0.1) is 0 Å². The first-order chi connectivity index (χ1) is 25.8. The summed E-state index contributed by atoms with van der Waals surface area (Å²) < 4.78 is 32.7. The predicted octanol–water partition coefficient (Wildman–Crippen LogP) is 11.7. The van der Waals surface area contributed by atoms with Crippen LogP contribution in [0.5, 0.6) is 0 Å². The molecule has 0 aliphatic carbocycles. The molecule has 0 amide bonds. The van der Waals surface area contributed by atoms with Gasteiger partial charge < -0.3 is 20.1 Å². The van der Waals surface area contributed by atoms with Gasteiger partial charge in [-0.3, -0.25) is 18.6 Å². The molecule has 0 aromatic rings. The molecule has 0 heterocycles. The topological polar surface area (TPSA) is 134 Å². The number of hydrogen-bond donors (Lipinski definition) is 2. The second-order valence-corrected chi connectivity index (χ2v) is 14.9. The van der Waals surface area contributed by atoms with Gasteiger partial charge in [0.05, 0.1) is 13.2 Å². The Bertz CT molecular complexity index is 1050. The number of carbonyl (C=O) groups excluding carboxylic acids is 2. The Balaban J connectivity index is 4.25. The van der Waals surface area contributed by atoms with E-state index in [0.29, 0.717) is 6.42 Å². The van der Waals surface area contributed by atoms with Crippen molar-refractivity contribution in [3.63, 3.8) is 0 Å². The van der Waals surface area contributed by atoms with Crippen molar-refractivity contribution in [3.8, 4) is 0 Å². The highest BCUT2D eigenvalue weighted by atomic mass is 31.2. The lowest BCUT2D eigenvalue weighted by atomic mass is 10.1. The standard InChI is InChI=1S/C43H76NO8P/c1-3-5-7-9-11-13-15-17-19-20-22-23-25-27-29-31-33-35-42(45)49-39-41(40-51-53(47,48)50-38-37-44)52-43(46)36-34-32-30-28-26-24-21-18-16-14-12-10-8-6-4-2/h6,8,12,14,17-19,21,26,28,41H,3-5,7,9-11,13,15-16,20,22-25,27,29-40,44H2,1-2H3,(H,47,48). The number of phosphoric acid groups is 1. The Morgan fingerprint density at radius 1 is 0.585 bits per heavy atom. The molecule has 0 rings (SSSR count). The van der Waals surface area contributed by atoms with Crippen LogP contribution >= 0.6 is 7.82 Å². The smallest absolute Gasteiger partial charge is 0.462 e. The van der Waals surface area contributed by atoms with Crippen LogP contribution in [0.15, 0.2) is 60.8 Å². The summed E-state index contributed by atoms with van der Waals surface area (Å²) in [6.45, 7) is 3.55. The average molecular weight is 766 g/mol. The summed E-state index contributed by atoms with van der Waals surface area (Å²) in [6.07, 6.45) is 45.4. The fraction of sp³-hybridized carbons (Fsp3) is 0.721. The lowest BCUT2D eigenvalue weighted by Gasteiger charge is -2.19. The van der Waals surface area contributed by atoms with E-state index < -0.39 is 32.5 Å². The monoisotopic (exact) mass is 766 g/mol.